The number of aliphatic hydroxyl groups is 3. The summed E-state index contributed by atoms with van der Waals surface area (Å²) >= 11 is 4.37. The summed E-state index contributed by atoms with van der Waals surface area (Å²) in [6.07, 6.45) is 0. The molecule has 0 aliphatic carbocycles. The lowest BCUT2D eigenvalue weighted by molar-refractivity contribution is -0.0267. The van der Waals surface area contributed by atoms with Gasteiger partial charge in [0.15, 0.2) is 0 Å². The summed E-state index contributed by atoms with van der Waals surface area (Å²) in [5, 5.41) is 26.3. The van der Waals surface area contributed by atoms with Gasteiger partial charge in [0.2, 0.25) is 0 Å². The summed E-state index contributed by atoms with van der Waals surface area (Å²) < 4.78 is 4.68. The predicted octanol–water partition coefficient (Wildman–Crippen LogP) is -1.08. The highest BCUT2D eigenvalue weighted by molar-refractivity contribution is 7.78. The second kappa shape index (κ2) is 5.42. The van der Waals surface area contributed by atoms with Crippen LogP contribution in [0.15, 0.2) is 0 Å². The minimum atomic E-state index is -0.977. The highest BCUT2D eigenvalue weighted by Gasteiger charge is 2.28. The van der Waals surface area contributed by atoms with E-state index in [-0.39, 0.29) is 26.4 Å². The first kappa shape index (κ1) is 10.8. The van der Waals surface area contributed by atoms with Crippen LogP contribution in [0.1, 0.15) is 0 Å². The lowest BCUT2D eigenvalue weighted by Crippen LogP contribution is -2.38. The summed E-state index contributed by atoms with van der Waals surface area (Å²) in [5.74, 6) is 0. The standard InChI is InChI=1S/C6H12O4S/c7-1-6(2-8,3-9)4-10-5-11/h5,7-9H,1-4H2. The molecule has 0 heterocycles. The zero-order valence-electron chi connectivity index (χ0n) is 6.06. The normalized spacial score (nSPS) is 11.2. The van der Waals surface area contributed by atoms with Gasteiger partial charge in [0.05, 0.1) is 25.2 Å². The molecule has 0 atom stereocenters. The molecule has 0 saturated carbocycles. The van der Waals surface area contributed by atoms with Gasteiger partial charge < -0.3 is 20.1 Å². The third-order valence-electron chi connectivity index (χ3n) is 1.46. The molecule has 0 amide bonds. The molecule has 66 valence electrons. The molecule has 3 N–H and O–H groups in total. The molecule has 0 aliphatic rings. The average molecular weight is 180 g/mol. The van der Waals surface area contributed by atoms with Gasteiger partial charge in [0, 0.05) is 0 Å². The van der Waals surface area contributed by atoms with Crippen molar-refractivity contribution in [3.63, 3.8) is 0 Å². The Balaban J connectivity index is 3.93. The molecule has 0 saturated heterocycles. The molecule has 0 radical (unpaired) electrons. The molecule has 0 aromatic heterocycles. The average Bonchev–Trinajstić information content (AvgIpc) is 2.08. The quantitative estimate of drug-likeness (QED) is 0.454. The first-order valence-electron chi connectivity index (χ1n) is 3.12. The maximum atomic E-state index is 8.76. The Labute approximate surface area is 70.4 Å². The topological polar surface area (TPSA) is 69.9 Å². The first-order valence-corrected chi connectivity index (χ1v) is 3.59. The minimum Gasteiger partial charge on any atom is -0.489 e. The van der Waals surface area contributed by atoms with Crippen LogP contribution in [-0.2, 0) is 4.74 Å². The molecule has 0 aromatic carbocycles. The number of aliphatic hydroxyl groups excluding tert-OH is 3. The van der Waals surface area contributed by atoms with Crippen LogP contribution in [0.3, 0.4) is 0 Å². The largest absolute Gasteiger partial charge is 0.489 e. The van der Waals surface area contributed by atoms with E-state index in [9.17, 15) is 0 Å². The summed E-state index contributed by atoms with van der Waals surface area (Å²) in [6.45, 7) is -0.963. The Morgan fingerprint density at radius 2 is 1.64 bits per heavy atom. The van der Waals surface area contributed by atoms with Crippen molar-refractivity contribution in [1.29, 1.82) is 0 Å². The summed E-state index contributed by atoms with van der Waals surface area (Å²) in [4.78, 5) is 0. The number of rotatable bonds is 6. The van der Waals surface area contributed by atoms with Crippen LogP contribution < -0.4 is 0 Å². The Morgan fingerprint density at radius 3 is 1.91 bits per heavy atom. The second-order valence-corrected chi connectivity index (χ2v) is 2.57. The van der Waals surface area contributed by atoms with E-state index in [1.54, 1.807) is 0 Å². The molecule has 5 heteroatoms. The molecule has 0 aromatic rings. The van der Waals surface area contributed by atoms with Gasteiger partial charge in [-0.15, -0.1) is 0 Å². The van der Waals surface area contributed by atoms with E-state index < -0.39 is 5.41 Å². The monoisotopic (exact) mass is 180 g/mol. The SMILES string of the molecule is OCC(CO)(CO)COC=S. The summed E-state index contributed by atoms with van der Waals surface area (Å²) in [6, 6.07) is 0. The second-order valence-electron chi connectivity index (χ2n) is 2.38. The predicted molar refractivity (Wildman–Crippen MR) is 43.3 cm³/mol. The van der Waals surface area contributed by atoms with Crippen molar-refractivity contribution in [1.82, 2.24) is 0 Å². The molecular weight excluding hydrogens is 168 g/mol. The fourth-order valence-corrected chi connectivity index (χ4v) is 0.566. The van der Waals surface area contributed by atoms with Gasteiger partial charge >= 0.3 is 0 Å². The van der Waals surface area contributed by atoms with Crippen LogP contribution in [0.4, 0.5) is 0 Å². The number of hydrogen-bond donors (Lipinski definition) is 3. The van der Waals surface area contributed by atoms with Gasteiger partial charge in [0.25, 0.3) is 0 Å². The van der Waals surface area contributed by atoms with Crippen LogP contribution in [0.5, 0.6) is 0 Å². The highest BCUT2D eigenvalue weighted by Crippen LogP contribution is 2.14. The first-order chi connectivity index (χ1) is 5.24. The van der Waals surface area contributed by atoms with E-state index in [1.807, 2.05) is 0 Å². The molecule has 0 aliphatic heterocycles. The van der Waals surface area contributed by atoms with Crippen molar-refractivity contribution in [2.75, 3.05) is 26.4 Å². The maximum Gasteiger partial charge on any atom is 0.146 e. The number of ether oxygens (including phenoxy) is 1. The molecular formula is C6H12O4S. The van der Waals surface area contributed by atoms with Crippen molar-refractivity contribution >= 4 is 17.8 Å². The van der Waals surface area contributed by atoms with Crippen LogP contribution in [0.2, 0.25) is 0 Å². The van der Waals surface area contributed by atoms with E-state index in [2.05, 4.69) is 17.0 Å². The van der Waals surface area contributed by atoms with E-state index in [4.69, 9.17) is 15.3 Å². The Kier molecular flexibility index (Phi) is 5.31. The number of thiocarbonyl (C=S) groups is 1. The third kappa shape index (κ3) is 3.11. The zero-order chi connectivity index (χ0) is 8.74. The molecule has 0 rings (SSSR count). The van der Waals surface area contributed by atoms with Crippen molar-refractivity contribution in [3.05, 3.63) is 0 Å². The van der Waals surface area contributed by atoms with Gasteiger partial charge in [-0.05, 0) is 12.2 Å². The van der Waals surface area contributed by atoms with Crippen LogP contribution >= 0.6 is 12.2 Å². The van der Waals surface area contributed by atoms with Crippen LogP contribution in [0, 0.1) is 5.41 Å². The molecule has 0 unspecified atom stereocenters. The van der Waals surface area contributed by atoms with E-state index in [0.717, 1.165) is 5.55 Å². The van der Waals surface area contributed by atoms with Crippen molar-refractivity contribution in [2.24, 2.45) is 5.41 Å². The molecule has 4 nitrogen and oxygen atoms in total. The molecule has 0 spiro atoms. The van der Waals surface area contributed by atoms with E-state index >= 15 is 0 Å². The number of hydrogen-bond acceptors (Lipinski definition) is 5. The van der Waals surface area contributed by atoms with Crippen molar-refractivity contribution < 1.29 is 20.1 Å². The lowest BCUT2D eigenvalue weighted by Gasteiger charge is -2.25. The smallest absolute Gasteiger partial charge is 0.146 e. The lowest BCUT2D eigenvalue weighted by atomic mass is 9.93. The maximum absolute atomic E-state index is 8.76. The molecule has 0 fully saturated rings. The Hall–Kier alpha value is -0.230. The van der Waals surface area contributed by atoms with Gasteiger partial charge in [0.1, 0.15) is 12.2 Å². The third-order valence-corrected chi connectivity index (χ3v) is 1.60. The Morgan fingerprint density at radius 1 is 1.18 bits per heavy atom. The van der Waals surface area contributed by atoms with E-state index in [0.29, 0.717) is 0 Å². The minimum absolute atomic E-state index is 0.0278. The Bertz CT molecular complexity index is 105. The zero-order valence-corrected chi connectivity index (χ0v) is 6.88. The van der Waals surface area contributed by atoms with Gasteiger partial charge in [-0.1, -0.05) is 0 Å². The van der Waals surface area contributed by atoms with E-state index in [1.165, 1.54) is 0 Å². The van der Waals surface area contributed by atoms with Crippen LogP contribution in [-0.4, -0.2) is 47.3 Å². The fourth-order valence-electron chi connectivity index (χ4n) is 0.498. The van der Waals surface area contributed by atoms with Crippen LogP contribution in [0.25, 0.3) is 0 Å². The van der Waals surface area contributed by atoms with Crippen molar-refractivity contribution in [2.45, 2.75) is 0 Å². The summed E-state index contributed by atoms with van der Waals surface area (Å²) in [5.41, 5.74) is 0.0606. The van der Waals surface area contributed by atoms with Gasteiger partial charge in [-0.2, -0.15) is 0 Å². The van der Waals surface area contributed by atoms with Crippen molar-refractivity contribution in [3.8, 4) is 0 Å². The van der Waals surface area contributed by atoms with Gasteiger partial charge in [-0.25, -0.2) is 0 Å². The highest BCUT2D eigenvalue weighted by atomic mass is 32.1. The molecule has 11 heavy (non-hydrogen) atoms. The van der Waals surface area contributed by atoms with Gasteiger partial charge in [-0.3, -0.25) is 0 Å². The summed E-state index contributed by atoms with van der Waals surface area (Å²) in [7, 11) is 0. The fraction of sp³-hybridized carbons (Fsp3) is 0.833. The molecule has 0 bridgehead atoms.